The first-order valence-corrected chi connectivity index (χ1v) is 8.73. The van der Waals surface area contributed by atoms with Crippen LogP contribution in [0, 0.1) is 0 Å². The summed E-state index contributed by atoms with van der Waals surface area (Å²) in [6, 6.07) is 3.78. The molecule has 2 heterocycles. The molecular formula is C18H22F3N5O3. The predicted octanol–water partition coefficient (Wildman–Crippen LogP) is 3.71. The lowest BCUT2D eigenvalue weighted by Gasteiger charge is -2.30. The molecule has 2 aromatic rings. The minimum Gasteiger partial charge on any atom is -0.467 e. The molecule has 0 aliphatic rings. The van der Waals surface area contributed by atoms with E-state index in [1.54, 1.807) is 46.2 Å². The molecule has 0 N–H and O–H groups in total. The zero-order valence-electron chi connectivity index (χ0n) is 16.5. The van der Waals surface area contributed by atoms with E-state index in [1.807, 2.05) is 0 Å². The van der Waals surface area contributed by atoms with E-state index in [-0.39, 0.29) is 12.4 Å². The summed E-state index contributed by atoms with van der Waals surface area (Å²) in [7, 11) is 0. The minimum absolute atomic E-state index is 0.0130. The Balaban J connectivity index is 2.17. The van der Waals surface area contributed by atoms with Crippen molar-refractivity contribution in [3.8, 4) is 5.88 Å². The first kappa shape index (κ1) is 22.3. The molecule has 0 saturated carbocycles. The average Bonchev–Trinajstić information content (AvgIpc) is 2.63. The Morgan fingerprint density at radius 2 is 1.79 bits per heavy atom. The van der Waals surface area contributed by atoms with Gasteiger partial charge in [0, 0.05) is 18.5 Å². The molecule has 11 heteroatoms. The van der Waals surface area contributed by atoms with E-state index in [0.717, 1.165) is 0 Å². The maximum atomic E-state index is 12.7. The molecule has 0 unspecified atom stereocenters. The number of ether oxygens (including phenoxy) is 2. The summed E-state index contributed by atoms with van der Waals surface area (Å²) in [5.74, 6) is 0.130. The van der Waals surface area contributed by atoms with Gasteiger partial charge < -0.3 is 9.47 Å². The first-order valence-electron chi connectivity index (χ1n) is 8.73. The van der Waals surface area contributed by atoms with E-state index < -0.39 is 30.5 Å². The summed E-state index contributed by atoms with van der Waals surface area (Å²) in [5.41, 5.74) is -0.397. The SMILES string of the molecule is C[C@@H](c1ncccn1)N(Cc1ccc(OCC(F)(F)F)nn1)C(=O)OC(C)(C)C. The van der Waals surface area contributed by atoms with Crippen molar-refractivity contribution >= 4 is 6.09 Å². The molecule has 0 aliphatic heterocycles. The number of hydrogen-bond acceptors (Lipinski definition) is 7. The maximum absolute atomic E-state index is 12.7. The van der Waals surface area contributed by atoms with Crippen LogP contribution in [-0.2, 0) is 11.3 Å². The highest BCUT2D eigenvalue weighted by atomic mass is 19.4. The standard InChI is InChI=1S/C18H22F3N5O3/c1-12(15-22-8-5-9-23-15)26(16(27)29-17(2,3)4)10-13-6-7-14(25-24-13)28-11-18(19,20)21/h5-9,12H,10-11H2,1-4H3/t12-/m0/s1. The Kier molecular flexibility index (Phi) is 6.93. The zero-order chi connectivity index (χ0) is 21.7. The van der Waals surface area contributed by atoms with E-state index in [4.69, 9.17) is 4.74 Å². The number of nitrogens with zero attached hydrogens (tertiary/aromatic N) is 5. The Morgan fingerprint density at radius 1 is 1.14 bits per heavy atom. The molecule has 0 radical (unpaired) electrons. The van der Waals surface area contributed by atoms with Gasteiger partial charge in [-0.25, -0.2) is 14.8 Å². The van der Waals surface area contributed by atoms with Gasteiger partial charge in [-0.2, -0.15) is 18.3 Å². The highest BCUT2D eigenvalue weighted by Gasteiger charge is 2.30. The number of rotatable bonds is 6. The van der Waals surface area contributed by atoms with Gasteiger partial charge in [0.1, 0.15) is 5.60 Å². The number of carbonyl (C=O) groups excluding carboxylic acids is 1. The third kappa shape index (κ3) is 7.51. The molecule has 0 fully saturated rings. The van der Waals surface area contributed by atoms with Gasteiger partial charge in [0.05, 0.1) is 18.3 Å². The number of carbonyl (C=O) groups is 1. The van der Waals surface area contributed by atoms with E-state index in [1.165, 1.54) is 17.0 Å². The Hall–Kier alpha value is -2.98. The second kappa shape index (κ2) is 9.01. The van der Waals surface area contributed by atoms with Crippen LogP contribution in [0.1, 0.15) is 45.3 Å². The van der Waals surface area contributed by atoms with Crippen molar-refractivity contribution in [3.63, 3.8) is 0 Å². The molecule has 0 saturated heterocycles. The van der Waals surface area contributed by atoms with Gasteiger partial charge in [-0.3, -0.25) is 4.90 Å². The maximum Gasteiger partial charge on any atom is 0.422 e. The van der Waals surface area contributed by atoms with Gasteiger partial charge in [0.15, 0.2) is 12.4 Å². The molecule has 29 heavy (non-hydrogen) atoms. The number of hydrogen-bond donors (Lipinski definition) is 0. The van der Waals surface area contributed by atoms with Crippen LogP contribution in [0.25, 0.3) is 0 Å². The lowest BCUT2D eigenvalue weighted by atomic mass is 10.2. The summed E-state index contributed by atoms with van der Waals surface area (Å²) in [6.45, 7) is 5.46. The van der Waals surface area contributed by atoms with Gasteiger partial charge in [-0.15, -0.1) is 5.10 Å². The normalized spacial score (nSPS) is 12.9. The number of aromatic nitrogens is 4. The molecule has 158 valence electrons. The van der Waals surface area contributed by atoms with Crippen LogP contribution in [0.3, 0.4) is 0 Å². The molecule has 0 aliphatic carbocycles. The van der Waals surface area contributed by atoms with Crippen molar-refractivity contribution in [2.45, 2.75) is 52.1 Å². The smallest absolute Gasteiger partial charge is 0.422 e. The van der Waals surface area contributed by atoms with Crippen LogP contribution >= 0.6 is 0 Å². The van der Waals surface area contributed by atoms with Crippen molar-refractivity contribution in [3.05, 3.63) is 42.1 Å². The molecule has 2 rings (SSSR count). The minimum atomic E-state index is -4.47. The highest BCUT2D eigenvalue weighted by Crippen LogP contribution is 2.23. The highest BCUT2D eigenvalue weighted by molar-refractivity contribution is 5.68. The topological polar surface area (TPSA) is 90.3 Å². The number of alkyl halides is 3. The molecule has 0 bridgehead atoms. The molecule has 8 nitrogen and oxygen atoms in total. The molecule has 2 aromatic heterocycles. The van der Waals surface area contributed by atoms with Gasteiger partial charge in [0.2, 0.25) is 5.88 Å². The van der Waals surface area contributed by atoms with E-state index in [9.17, 15) is 18.0 Å². The third-order valence-electron chi connectivity index (χ3n) is 3.47. The van der Waals surface area contributed by atoms with Crippen LogP contribution in [0.15, 0.2) is 30.6 Å². The van der Waals surface area contributed by atoms with Crippen LogP contribution in [0.4, 0.5) is 18.0 Å². The van der Waals surface area contributed by atoms with Crippen molar-refractivity contribution in [1.29, 1.82) is 0 Å². The Bertz CT molecular complexity index is 795. The summed E-state index contributed by atoms with van der Waals surface area (Å²) < 4.78 is 46.7. The fraction of sp³-hybridized carbons (Fsp3) is 0.500. The molecule has 0 spiro atoms. The van der Waals surface area contributed by atoms with Gasteiger partial charge in [-0.1, -0.05) is 0 Å². The zero-order valence-corrected chi connectivity index (χ0v) is 16.5. The van der Waals surface area contributed by atoms with Crippen molar-refractivity contribution in [2.24, 2.45) is 0 Å². The van der Waals surface area contributed by atoms with Crippen LogP contribution in [0.2, 0.25) is 0 Å². The second-order valence-corrected chi connectivity index (χ2v) is 7.16. The van der Waals surface area contributed by atoms with E-state index >= 15 is 0 Å². The summed E-state index contributed by atoms with van der Waals surface area (Å²) in [4.78, 5) is 22.4. The largest absolute Gasteiger partial charge is 0.467 e. The van der Waals surface area contributed by atoms with E-state index in [0.29, 0.717) is 11.5 Å². The monoisotopic (exact) mass is 413 g/mol. The second-order valence-electron chi connectivity index (χ2n) is 7.16. The summed E-state index contributed by atoms with van der Waals surface area (Å²) in [6.07, 6.45) is -1.98. The van der Waals surface area contributed by atoms with Crippen molar-refractivity contribution < 1.29 is 27.4 Å². The van der Waals surface area contributed by atoms with Crippen molar-refractivity contribution in [2.75, 3.05) is 6.61 Å². The van der Waals surface area contributed by atoms with E-state index in [2.05, 4.69) is 24.9 Å². The average molecular weight is 413 g/mol. The third-order valence-corrected chi connectivity index (χ3v) is 3.47. The quantitative estimate of drug-likeness (QED) is 0.713. The van der Waals surface area contributed by atoms with Crippen molar-refractivity contribution in [1.82, 2.24) is 25.1 Å². The van der Waals surface area contributed by atoms with Gasteiger partial charge in [-0.05, 0) is 39.8 Å². The van der Waals surface area contributed by atoms with Crippen LogP contribution in [0.5, 0.6) is 5.88 Å². The lowest BCUT2D eigenvalue weighted by Crippen LogP contribution is -2.38. The summed E-state index contributed by atoms with van der Waals surface area (Å²) in [5, 5.41) is 7.46. The Morgan fingerprint density at radius 3 is 2.31 bits per heavy atom. The fourth-order valence-corrected chi connectivity index (χ4v) is 2.19. The Labute approximate surface area is 166 Å². The first-order chi connectivity index (χ1) is 13.4. The summed E-state index contributed by atoms with van der Waals surface area (Å²) >= 11 is 0. The predicted molar refractivity (Wildman–Crippen MR) is 95.8 cm³/mol. The van der Waals surface area contributed by atoms with Gasteiger partial charge in [0.25, 0.3) is 0 Å². The van der Waals surface area contributed by atoms with Crippen LogP contribution < -0.4 is 4.74 Å². The van der Waals surface area contributed by atoms with Gasteiger partial charge >= 0.3 is 12.3 Å². The molecule has 1 atom stereocenters. The fourth-order valence-electron chi connectivity index (χ4n) is 2.19. The number of amides is 1. The molecule has 1 amide bonds. The molecule has 0 aromatic carbocycles. The van der Waals surface area contributed by atoms with Crippen LogP contribution in [-0.4, -0.2) is 49.5 Å². The lowest BCUT2D eigenvalue weighted by molar-refractivity contribution is -0.154. The molecular weight excluding hydrogens is 391 g/mol. The number of halogens is 3.